The molecule has 0 bridgehead atoms. The maximum absolute atomic E-state index is 12.0. The van der Waals surface area contributed by atoms with Gasteiger partial charge in [-0.3, -0.25) is 4.31 Å². The molecule has 3 rings (SSSR count). The zero-order valence-electron chi connectivity index (χ0n) is 13.4. The average Bonchev–Trinajstić information content (AvgIpc) is 2.80. The van der Waals surface area contributed by atoms with Crippen LogP contribution in [0.4, 0.5) is 5.69 Å². The summed E-state index contributed by atoms with van der Waals surface area (Å²) in [5.74, 6) is 0.700. The van der Waals surface area contributed by atoms with Crippen LogP contribution in [0.5, 0.6) is 0 Å². The molecule has 120 valence electrons. The van der Waals surface area contributed by atoms with E-state index >= 15 is 0 Å². The van der Waals surface area contributed by atoms with Crippen molar-refractivity contribution in [2.24, 2.45) is 0 Å². The SMILES string of the molecule is Cc1ncc2sc(C)c(-c3ccccc3N(C)S(C)(=O)=O)c2n1. The maximum atomic E-state index is 12.0. The number of rotatable bonds is 3. The number of aryl methyl sites for hydroxylation is 2. The first-order valence-corrected chi connectivity index (χ1v) is 9.71. The molecule has 0 atom stereocenters. The zero-order chi connectivity index (χ0) is 16.8. The van der Waals surface area contributed by atoms with E-state index in [-0.39, 0.29) is 0 Å². The third kappa shape index (κ3) is 2.82. The monoisotopic (exact) mass is 347 g/mol. The Bertz CT molecular complexity index is 994. The summed E-state index contributed by atoms with van der Waals surface area (Å²) in [4.78, 5) is 9.90. The summed E-state index contributed by atoms with van der Waals surface area (Å²) in [7, 11) is -1.77. The number of para-hydroxylation sites is 1. The predicted molar refractivity (Wildman–Crippen MR) is 95.6 cm³/mol. The fraction of sp³-hybridized carbons (Fsp3) is 0.250. The van der Waals surface area contributed by atoms with Gasteiger partial charge in [0.05, 0.1) is 22.2 Å². The van der Waals surface area contributed by atoms with Crippen LogP contribution in [0.3, 0.4) is 0 Å². The van der Waals surface area contributed by atoms with Crippen molar-refractivity contribution in [2.75, 3.05) is 17.6 Å². The van der Waals surface area contributed by atoms with E-state index in [2.05, 4.69) is 9.97 Å². The summed E-state index contributed by atoms with van der Waals surface area (Å²) < 4.78 is 26.2. The third-order valence-corrected chi connectivity index (χ3v) is 5.96. The number of fused-ring (bicyclic) bond motifs is 1. The summed E-state index contributed by atoms with van der Waals surface area (Å²) in [6, 6.07) is 7.49. The minimum absolute atomic E-state index is 0.647. The van der Waals surface area contributed by atoms with Gasteiger partial charge in [0.2, 0.25) is 10.0 Å². The van der Waals surface area contributed by atoms with E-state index in [4.69, 9.17) is 0 Å². The lowest BCUT2D eigenvalue weighted by Gasteiger charge is -2.20. The van der Waals surface area contributed by atoms with Crippen LogP contribution in [-0.4, -0.2) is 31.7 Å². The van der Waals surface area contributed by atoms with Crippen molar-refractivity contribution in [3.63, 3.8) is 0 Å². The smallest absolute Gasteiger partial charge is 0.232 e. The molecule has 2 heterocycles. The molecule has 0 fully saturated rings. The Labute approximate surface area is 139 Å². The van der Waals surface area contributed by atoms with E-state index in [1.54, 1.807) is 18.4 Å². The van der Waals surface area contributed by atoms with Crippen molar-refractivity contribution >= 4 is 37.3 Å². The zero-order valence-corrected chi connectivity index (χ0v) is 15.0. The predicted octanol–water partition coefficient (Wildman–Crippen LogP) is 3.37. The summed E-state index contributed by atoms with van der Waals surface area (Å²) in [5, 5.41) is 0. The van der Waals surface area contributed by atoms with Crippen molar-refractivity contribution in [1.82, 2.24) is 9.97 Å². The second kappa shape index (κ2) is 5.58. The Hall–Kier alpha value is -1.99. The molecule has 0 saturated heterocycles. The molecule has 5 nitrogen and oxygen atoms in total. The van der Waals surface area contributed by atoms with Gasteiger partial charge >= 0.3 is 0 Å². The average molecular weight is 347 g/mol. The molecular weight excluding hydrogens is 330 g/mol. The molecule has 0 aliphatic heterocycles. The third-order valence-electron chi connectivity index (χ3n) is 3.74. The molecule has 0 N–H and O–H groups in total. The van der Waals surface area contributed by atoms with Crippen molar-refractivity contribution in [2.45, 2.75) is 13.8 Å². The van der Waals surface area contributed by atoms with Crippen LogP contribution in [0, 0.1) is 13.8 Å². The lowest BCUT2D eigenvalue weighted by atomic mass is 10.0. The number of hydrogen-bond acceptors (Lipinski definition) is 5. The Morgan fingerprint density at radius 2 is 1.87 bits per heavy atom. The fourth-order valence-corrected chi connectivity index (χ4v) is 4.06. The van der Waals surface area contributed by atoms with Gasteiger partial charge in [-0.25, -0.2) is 18.4 Å². The molecule has 1 aromatic carbocycles. The number of aromatic nitrogens is 2. The molecule has 0 amide bonds. The molecule has 0 aliphatic rings. The van der Waals surface area contributed by atoms with E-state index in [0.29, 0.717) is 11.5 Å². The Morgan fingerprint density at radius 3 is 2.57 bits per heavy atom. The topological polar surface area (TPSA) is 63.2 Å². The van der Waals surface area contributed by atoms with Gasteiger partial charge in [0, 0.05) is 29.2 Å². The Morgan fingerprint density at radius 1 is 1.17 bits per heavy atom. The molecule has 3 aromatic rings. The van der Waals surface area contributed by atoms with E-state index < -0.39 is 10.0 Å². The van der Waals surface area contributed by atoms with Gasteiger partial charge < -0.3 is 0 Å². The first-order valence-electron chi connectivity index (χ1n) is 7.05. The van der Waals surface area contributed by atoms with Crippen molar-refractivity contribution in [3.8, 4) is 11.1 Å². The highest BCUT2D eigenvalue weighted by Crippen LogP contribution is 2.41. The van der Waals surface area contributed by atoms with Gasteiger partial charge in [0.1, 0.15) is 5.82 Å². The molecule has 7 heteroatoms. The normalized spacial score (nSPS) is 11.8. The van der Waals surface area contributed by atoms with Crippen LogP contribution in [0.1, 0.15) is 10.7 Å². The van der Waals surface area contributed by atoms with Gasteiger partial charge in [-0.05, 0) is 19.9 Å². The highest BCUT2D eigenvalue weighted by molar-refractivity contribution is 7.92. The lowest BCUT2D eigenvalue weighted by molar-refractivity contribution is 0.600. The number of thiophene rings is 1. The molecule has 2 aromatic heterocycles. The molecule has 23 heavy (non-hydrogen) atoms. The number of anilines is 1. The molecular formula is C16H17N3O2S2. The van der Waals surface area contributed by atoms with E-state index in [1.807, 2.05) is 44.3 Å². The Kier molecular flexibility index (Phi) is 3.85. The number of sulfonamides is 1. The number of nitrogens with zero attached hydrogens (tertiary/aromatic N) is 3. The molecule has 0 radical (unpaired) electrons. The van der Waals surface area contributed by atoms with Gasteiger partial charge in [0.15, 0.2) is 0 Å². The summed E-state index contributed by atoms with van der Waals surface area (Å²) in [6.45, 7) is 3.87. The molecule has 0 saturated carbocycles. The van der Waals surface area contributed by atoms with Crippen LogP contribution in [0.25, 0.3) is 21.3 Å². The second-order valence-electron chi connectivity index (χ2n) is 5.41. The van der Waals surface area contributed by atoms with Crippen molar-refractivity contribution in [3.05, 3.63) is 41.2 Å². The number of benzene rings is 1. The minimum atomic E-state index is -3.34. The standard InChI is InChI=1S/C16H17N3O2S2/c1-10-15(16-14(22-10)9-17-11(2)18-16)12-7-5-6-8-13(12)19(3)23(4,20)21/h5-9H,1-4H3. The molecule has 0 unspecified atom stereocenters. The first-order chi connectivity index (χ1) is 10.8. The van der Waals surface area contributed by atoms with E-state index in [9.17, 15) is 8.42 Å². The van der Waals surface area contributed by atoms with E-state index in [0.717, 1.165) is 26.2 Å². The van der Waals surface area contributed by atoms with Crippen LogP contribution < -0.4 is 4.31 Å². The molecule has 0 aliphatic carbocycles. The quantitative estimate of drug-likeness (QED) is 0.729. The van der Waals surface area contributed by atoms with Crippen LogP contribution >= 0.6 is 11.3 Å². The summed E-state index contributed by atoms with van der Waals surface area (Å²) in [5.41, 5.74) is 3.35. The summed E-state index contributed by atoms with van der Waals surface area (Å²) >= 11 is 1.62. The highest BCUT2D eigenvalue weighted by Gasteiger charge is 2.20. The van der Waals surface area contributed by atoms with Crippen LogP contribution in [-0.2, 0) is 10.0 Å². The van der Waals surface area contributed by atoms with Crippen LogP contribution in [0.15, 0.2) is 30.5 Å². The van der Waals surface area contributed by atoms with Crippen LogP contribution in [0.2, 0.25) is 0 Å². The summed E-state index contributed by atoms with van der Waals surface area (Å²) in [6.07, 6.45) is 3.02. The fourth-order valence-electron chi connectivity index (χ4n) is 2.55. The highest BCUT2D eigenvalue weighted by atomic mass is 32.2. The van der Waals surface area contributed by atoms with Crippen molar-refractivity contribution in [1.29, 1.82) is 0 Å². The van der Waals surface area contributed by atoms with Gasteiger partial charge in [-0.15, -0.1) is 11.3 Å². The van der Waals surface area contributed by atoms with Gasteiger partial charge in [0.25, 0.3) is 0 Å². The van der Waals surface area contributed by atoms with Gasteiger partial charge in [-0.1, -0.05) is 18.2 Å². The Balaban J connectivity index is 2.33. The number of hydrogen-bond donors (Lipinski definition) is 0. The van der Waals surface area contributed by atoms with E-state index in [1.165, 1.54) is 10.6 Å². The largest absolute Gasteiger partial charge is 0.273 e. The second-order valence-corrected chi connectivity index (χ2v) is 8.68. The molecule has 0 spiro atoms. The minimum Gasteiger partial charge on any atom is -0.273 e. The first kappa shape index (κ1) is 15.9. The van der Waals surface area contributed by atoms with Crippen molar-refractivity contribution < 1.29 is 8.42 Å². The maximum Gasteiger partial charge on any atom is 0.232 e. The lowest BCUT2D eigenvalue weighted by Crippen LogP contribution is -2.25. The van der Waals surface area contributed by atoms with Gasteiger partial charge in [-0.2, -0.15) is 0 Å².